The number of rotatable bonds is 5. The van der Waals surface area contributed by atoms with Gasteiger partial charge in [-0.1, -0.05) is 48.5 Å². The maximum Gasteiger partial charge on any atom is 0.306 e. The smallest absolute Gasteiger partial charge is 0.306 e. The molecule has 25 heavy (non-hydrogen) atoms. The molecule has 5 heteroatoms. The maximum absolute atomic E-state index is 11.1. The number of nitrogens with one attached hydrogen (secondary N) is 1. The lowest BCUT2D eigenvalue weighted by atomic mass is 9.69. The van der Waals surface area contributed by atoms with E-state index in [0.29, 0.717) is 11.1 Å². The van der Waals surface area contributed by atoms with Crippen LogP contribution in [-0.2, 0) is 10.2 Å². The van der Waals surface area contributed by atoms with Crippen LogP contribution in [-0.4, -0.2) is 23.7 Å². The molecule has 3 nitrogen and oxygen atoms in total. The number of benzene rings is 1. The van der Waals surface area contributed by atoms with Crippen molar-refractivity contribution in [3.05, 3.63) is 33.8 Å². The highest BCUT2D eigenvalue weighted by Crippen LogP contribution is 2.43. The van der Waals surface area contributed by atoms with E-state index < -0.39 is 5.97 Å². The van der Waals surface area contributed by atoms with Gasteiger partial charge in [-0.15, -0.1) is 0 Å². The molecule has 2 aliphatic rings. The van der Waals surface area contributed by atoms with Crippen molar-refractivity contribution in [3.8, 4) is 0 Å². The predicted octanol–water partition coefficient (Wildman–Crippen LogP) is 5.43. The molecule has 0 amide bonds. The molecular weight excluding hydrogens is 357 g/mol. The van der Waals surface area contributed by atoms with Crippen molar-refractivity contribution in [2.75, 3.05) is 6.54 Å². The van der Waals surface area contributed by atoms with E-state index >= 15 is 0 Å². The quantitative estimate of drug-likeness (QED) is 0.712. The first-order valence-corrected chi connectivity index (χ1v) is 10.2. The highest BCUT2D eigenvalue weighted by atomic mass is 35.5. The van der Waals surface area contributed by atoms with Gasteiger partial charge in [0, 0.05) is 28.0 Å². The topological polar surface area (TPSA) is 49.3 Å². The molecule has 0 atom stereocenters. The Morgan fingerprint density at radius 3 is 2.40 bits per heavy atom. The van der Waals surface area contributed by atoms with Gasteiger partial charge in [0.05, 0.1) is 5.92 Å². The molecule has 0 saturated heterocycles. The average molecular weight is 384 g/mol. The van der Waals surface area contributed by atoms with Gasteiger partial charge in [-0.25, -0.2) is 0 Å². The molecule has 2 aliphatic carbocycles. The second-order valence-electron chi connectivity index (χ2n) is 7.73. The Bertz CT molecular complexity index is 606. The van der Waals surface area contributed by atoms with Crippen molar-refractivity contribution in [2.24, 2.45) is 5.92 Å². The fraction of sp³-hybridized carbons (Fsp3) is 0.650. The molecular formula is C20H27Cl2NO2. The van der Waals surface area contributed by atoms with E-state index in [0.717, 1.165) is 50.1 Å². The number of carboxylic acid groups (broad SMARTS) is 1. The van der Waals surface area contributed by atoms with Gasteiger partial charge in [-0.2, -0.15) is 0 Å². The summed E-state index contributed by atoms with van der Waals surface area (Å²) in [7, 11) is 0. The first kappa shape index (κ1) is 19.0. The van der Waals surface area contributed by atoms with E-state index in [4.69, 9.17) is 28.3 Å². The van der Waals surface area contributed by atoms with Crippen LogP contribution in [0.5, 0.6) is 0 Å². The standard InChI is InChI=1S/C20H27Cl2NO2/c21-15-6-9-17(18(22)12-15)20(10-2-1-3-11-20)13-23-16-7-4-14(5-8-16)19(24)25/h6,9,12,14,16,23H,1-5,7-8,10-11,13H2,(H,24,25). The molecule has 0 heterocycles. The zero-order valence-electron chi connectivity index (χ0n) is 14.6. The molecule has 1 aromatic rings. The number of hydrogen-bond acceptors (Lipinski definition) is 2. The number of halogens is 2. The van der Waals surface area contributed by atoms with Crippen LogP contribution in [0.25, 0.3) is 0 Å². The van der Waals surface area contributed by atoms with Crippen LogP contribution in [0.3, 0.4) is 0 Å². The molecule has 0 spiro atoms. The van der Waals surface area contributed by atoms with Gasteiger partial charge >= 0.3 is 5.97 Å². The monoisotopic (exact) mass is 383 g/mol. The first-order valence-electron chi connectivity index (χ1n) is 9.42. The minimum Gasteiger partial charge on any atom is -0.481 e. The van der Waals surface area contributed by atoms with Gasteiger partial charge in [-0.3, -0.25) is 4.79 Å². The van der Waals surface area contributed by atoms with Crippen LogP contribution in [0.15, 0.2) is 18.2 Å². The Labute approximate surface area is 160 Å². The minimum absolute atomic E-state index is 0.0730. The molecule has 2 saturated carbocycles. The lowest BCUT2D eigenvalue weighted by Crippen LogP contribution is -2.45. The predicted molar refractivity (Wildman–Crippen MR) is 103 cm³/mol. The van der Waals surface area contributed by atoms with E-state index in [1.807, 2.05) is 12.1 Å². The third-order valence-corrected chi connectivity index (χ3v) is 6.67. The molecule has 1 aromatic carbocycles. The number of carboxylic acids is 1. The van der Waals surface area contributed by atoms with Gasteiger partial charge in [0.25, 0.3) is 0 Å². The molecule has 0 unspecified atom stereocenters. The van der Waals surface area contributed by atoms with E-state index in [1.165, 1.54) is 24.8 Å². The van der Waals surface area contributed by atoms with Gasteiger partial charge < -0.3 is 10.4 Å². The largest absolute Gasteiger partial charge is 0.481 e. The van der Waals surface area contributed by atoms with Gasteiger partial charge in [0.1, 0.15) is 0 Å². The summed E-state index contributed by atoms with van der Waals surface area (Å²) in [6.45, 7) is 0.913. The van der Waals surface area contributed by atoms with Crippen LogP contribution in [0, 0.1) is 5.92 Å². The van der Waals surface area contributed by atoms with Crippen molar-refractivity contribution < 1.29 is 9.90 Å². The van der Waals surface area contributed by atoms with E-state index in [1.54, 1.807) is 0 Å². The van der Waals surface area contributed by atoms with Crippen molar-refractivity contribution >= 4 is 29.2 Å². The maximum atomic E-state index is 11.1. The van der Waals surface area contributed by atoms with Gasteiger partial charge in [-0.05, 0) is 56.2 Å². The van der Waals surface area contributed by atoms with Gasteiger partial charge in [0.15, 0.2) is 0 Å². The number of aliphatic carboxylic acids is 1. The molecule has 3 rings (SSSR count). The molecule has 2 fully saturated rings. The molecule has 0 bridgehead atoms. The summed E-state index contributed by atoms with van der Waals surface area (Å²) in [5, 5.41) is 14.4. The van der Waals surface area contributed by atoms with Crippen molar-refractivity contribution in [1.82, 2.24) is 5.32 Å². The normalized spacial score (nSPS) is 26.3. The lowest BCUT2D eigenvalue weighted by Gasteiger charge is -2.40. The molecule has 0 radical (unpaired) electrons. The second-order valence-corrected chi connectivity index (χ2v) is 8.58. The van der Waals surface area contributed by atoms with E-state index in [2.05, 4.69) is 11.4 Å². The van der Waals surface area contributed by atoms with Crippen molar-refractivity contribution in [3.63, 3.8) is 0 Å². The van der Waals surface area contributed by atoms with Crippen LogP contribution < -0.4 is 5.32 Å². The summed E-state index contributed by atoms with van der Waals surface area (Å²) >= 11 is 12.6. The fourth-order valence-electron chi connectivity index (χ4n) is 4.57. The molecule has 138 valence electrons. The summed E-state index contributed by atoms with van der Waals surface area (Å²) in [6.07, 6.45) is 9.49. The second kappa shape index (κ2) is 8.28. The lowest BCUT2D eigenvalue weighted by molar-refractivity contribution is -0.142. The van der Waals surface area contributed by atoms with E-state index in [-0.39, 0.29) is 11.3 Å². The Kier molecular flexibility index (Phi) is 6.30. The number of carbonyl (C=O) groups is 1. The van der Waals surface area contributed by atoms with Crippen molar-refractivity contribution in [2.45, 2.75) is 69.2 Å². The average Bonchev–Trinajstić information content (AvgIpc) is 2.61. The first-order chi connectivity index (χ1) is 12.0. The molecule has 0 aliphatic heterocycles. The minimum atomic E-state index is -0.643. The zero-order valence-corrected chi connectivity index (χ0v) is 16.1. The van der Waals surface area contributed by atoms with Crippen LogP contribution in [0.1, 0.15) is 63.4 Å². The molecule has 0 aromatic heterocycles. The van der Waals surface area contributed by atoms with Crippen LogP contribution in [0.4, 0.5) is 0 Å². The third kappa shape index (κ3) is 4.50. The third-order valence-electron chi connectivity index (χ3n) is 6.12. The SMILES string of the molecule is O=C(O)C1CCC(NCC2(c3ccc(Cl)cc3Cl)CCCCC2)CC1. The highest BCUT2D eigenvalue weighted by molar-refractivity contribution is 6.35. The summed E-state index contributed by atoms with van der Waals surface area (Å²) in [5.74, 6) is -0.803. The summed E-state index contributed by atoms with van der Waals surface area (Å²) in [4.78, 5) is 11.1. The van der Waals surface area contributed by atoms with Crippen molar-refractivity contribution in [1.29, 1.82) is 0 Å². The Balaban J connectivity index is 1.68. The zero-order chi connectivity index (χ0) is 17.9. The summed E-state index contributed by atoms with van der Waals surface area (Å²) in [6, 6.07) is 6.31. The Morgan fingerprint density at radius 1 is 1.12 bits per heavy atom. The highest BCUT2D eigenvalue weighted by Gasteiger charge is 2.36. The fourth-order valence-corrected chi connectivity index (χ4v) is 5.18. The summed E-state index contributed by atoms with van der Waals surface area (Å²) < 4.78 is 0. The van der Waals surface area contributed by atoms with E-state index in [9.17, 15) is 4.79 Å². The van der Waals surface area contributed by atoms with Gasteiger partial charge in [0.2, 0.25) is 0 Å². The Hall–Kier alpha value is -0.770. The van der Waals surface area contributed by atoms with Crippen LogP contribution >= 0.6 is 23.2 Å². The molecule has 2 N–H and O–H groups in total. The number of hydrogen-bond donors (Lipinski definition) is 2. The summed E-state index contributed by atoms with van der Waals surface area (Å²) in [5.41, 5.74) is 1.29. The van der Waals surface area contributed by atoms with Crippen LogP contribution in [0.2, 0.25) is 10.0 Å². The Morgan fingerprint density at radius 2 is 1.80 bits per heavy atom.